The van der Waals surface area contributed by atoms with Crippen molar-refractivity contribution in [1.82, 2.24) is 15.2 Å². The van der Waals surface area contributed by atoms with Gasteiger partial charge in [0.25, 0.3) is 0 Å². The maximum atomic E-state index is 11.7. The summed E-state index contributed by atoms with van der Waals surface area (Å²) in [6.07, 6.45) is 3.96. The molecule has 1 atom stereocenters. The Labute approximate surface area is 107 Å². The van der Waals surface area contributed by atoms with E-state index in [0.717, 1.165) is 18.5 Å². The van der Waals surface area contributed by atoms with Crippen molar-refractivity contribution >= 4 is 5.91 Å². The van der Waals surface area contributed by atoms with E-state index in [4.69, 9.17) is 5.73 Å². The molecule has 5 heteroatoms. The molecule has 1 aromatic heterocycles. The van der Waals surface area contributed by atoms with Gasteiger partial charge in [-0.2, -0.15) is 0 Å². The van der Waals surface area contributed by atoms with E-state index in [9.17, 15) is 4.79 Å². The smallest absolute Gasteiger partial charge is 0.234 e. The third kappa shape index (κ3) is 3.51. The number of hydrogen-bond donors (Lipinski definition) is 2. The van der Waals surface area contributed by atoms with Gasteiger partial charge >= 0.3 is 0 Å². The lowest BCUT2D eigenvalue weighted by Crippen LogP contribution is -2.40. The van der Waals surface area contributed by atoms with Crippen molar-refractivity contribution in [2.75, 3.05) is 20.1 Å². The highest BCUT2D eigenvalue weighted by Gasteiger charge is 2.25. The lowest BCUT2D eigenvalue weighted by atomic mass is 10.1. The predicted molar refractivity (Wildman–Crippen MR) is 69.8 cm³/mol. The Morgan fingerprint density at radius 2 is 2.39 bits per heavy atom. The minimum atomic E-state index is -0.0175. The van der Waals surface area contributed by atoms with Crippen LogP contribution in [0.3, 0.4) is 0 Å². The minimum Gasteiger partial charge on any atom is -0.352 e. The molecule has 3 N–H and O–H groups in total. The average molecular weight is 248 g/mol. The molecule has 1 aliphatic carbocycles. The fourth-order valence-electron chi connectivity index (χ4n) is 1.94. The van der Waals surface area contributed by atoms with Crippen LogP contribution in [0.1, 0.15) is 24.6 Å². The van der Waals surface area contributed by atoms with Crippen LogP contribution in [0.5, 0.6) is 0 Å². The van der Waals surface area contributed by atoms with Crippen molar-refractivity contribution in [3.63, 3.8) is 0 Å². The Bertz CT molecular complexity index is 391. The molecule has 1 unspecified atom stereocenters. The van der Waals surface area contributed by atoms with Crippen LogP contribution in [0.2, 0.25) is 0 Å². The highest BCUT2D eigenvalue weighted by molar-refractivity contribution is 5.78. The van der Waals surface area contributed by atoms with Crippen molar-refractivity contribution in [1.29, 1.82) is 0 Å². The van der Waals surface area contributed by atoms with Crippen LogP contribution in [0.15, 0.2) is 24.4 Å². The topological polar surface area (TPSA) is 71.2 Å². The fraction of sp³-hybridized carbons (Fsp3) is 0.538. The zero-order valence-corrected chi connectivity index (χ0v) is 10.7. The monoisotopic (exact) mass is 248 g/mol. The van der Waals surface area contributed by atoms with E-state index in [2.05, 4.69) is 10.3 Å². The number of hydrogen-bond acceptors (Lipinski definition) is 4. The molecule has 18 heavy (non-hydrogen) atoms. The van der Waals surface area contributed by atoms with Crippen LogP contribution >= 0.6 is 0 Å². The van der Waals surface area contributed by atoms with Gasteiger partial charge in [-0.25, -0.2) is 0 Å². The molecule has 0 saturated heterocycles. The predicted octanol–water partition coefficient (Wildman–Crippen LogP) is 0.292. The molecule has 5 nitrogen and oxygen atoms in total. The van der Waals surface area contributed by atoms with E-state index < -0.39 is 0 Å². The van der Waals surface area contributed by atoms with Gasteiger partial charge in [0, 0.05) is 18.8 Å². The highest BCUT2D eigenvalue weighted by Crippen LogP contribution is 2.19. The molecule has 1 heterocycles. The van der Waals surface area contributed by atoms with E-state index in [-0.39, 0.29) is 11.9 Å². The highest BCUT2D eigenvalue weighted by atomic mass is 16.2. The zero-order valence-electron chi connectivity index (χ0n) is 10.7. The molecule has 1 saturated carbocycles. The second-order valence-corrected chi connectivity index (χ2v) is 4.76. The first-order chi connectivity index (χ1) is 8.70. The summed E-state index contributed by atoms with van der Waals surface area (Å²) in [5.41, 5.74) is 6.69. The summed E-state index contributed by atoms with van der Waals surface area (Å²) in [6, 6.07) is 6.13. The van der Waals surface area contributed by atoms with E-state index >= 15 is 0 Å². The number of amides is 1. The van der Waals surface area contributed by atoms with Crippen molar-refractivity contribution in [2.45, 2.75) is 24.9 Å². The number of nitrogens with zero attached hydrogens (tertiary/aromatic N) is 2. The SMILES string of the molecule is CN(CC(=O)NC1CC1)C(CN)c1ccccn1. The molecule has 1 amide bonds. The van der Waals surface area contributed by atoms with Gasteiger partial charge in [-0.3, -0.25) is 14.7 Å². The molecule has 1 aliphatic rings. The van der Waals surface area contributed by atoms with Gasteiger partial charge < -0.3 is 11.1 Å². The Kier molecular flexibility index (Phi) is 4.28. The molecule has 1 aromatic rings. The molecule has 2 rings (SSSR count). The molecule has 0 aliphatic heterocycles. The van der Waals surface area contributed by atoms with E-state index in [1.165, 1.54) is 0 Å². The fourth-order valence-corrected chi connectivity index (χ4v) is 1.94. The molecular weight excluding hydrogens is 228 g/mol. The minimum absolute atomic E-state index is 0.0175. The molecule has 98 valence electrons. The molecule has 0 spiro atoms. The van der Waals surface area contributed by atoms with Gasteiger partial charge in [-0.05, 0) is 32.0 Å². The third-order valence-electron chi connectivity index (χ3n) is 3.12. The lowest BCUT2D eigenvalue weighted by Gasteiger charge is -2.25. The third-order valence-corrected chi connectivity index (χ3v) is 3.12. The normalized spacial score (nSPS) is 16.6. The Hall–Kier alpha value is -1.46. The molecule has 0 radical (unpaired) electrons. The second kappa shape index (κ2) is 5.93. The summed E-state index contributed by atoms with van der Waals surface area (Å²) in [6.45, 7) is 0.805. The Balaban J connectivity index is 1.92. The standard InChI is InChI=1S/C13H20N4O/c1-17(9-13(18)16-10-5-6-10)12(8-14)11-4-2-3-7-15-11/h2-4,7,10,12H,5-6,8-9,14H2,1H3,(H,16,18). The maximum Gasteiger partial charge on any atom is 0.234 e. The van der Waals surface area contributed by atoms with E-state index in [0.29, 0.717) is 19.1 Å². The van der Waals surface area contributed by atoms with Crippen LogP contribution in [-0.2, 0) is 4.79 Å². The number of nitrogens with two attached hydrogens (primary N) is 1. The van der Waals surface area contributed by atoms with Crippen molar-refractivity contribution in [3.05, 3.63) is 30.1 Å². The number of nitrogens with one attached hydrogen (secondary N) is 1. The summed E-state index contributed by atoms with van der Waals surface area (Å²) in [5.74, 6) is 0.0642. The first-order valence-corrected chi connectivity index (χ1v) is 6.31. The van der Waals surface area contributed by atoms with Crippen LogP contribution in [0, 0.1) is 0 Å². The molecule has 0 aromatic carbocycles. The van der Waals surface area contributed by atoms with E-state index in [1.807, 2.05) is 30.1 Å². The van der Waals surface area contributed by atoms with Gasteiger partial charge in [-0.1, -0.05) is 6.07 Å². The lowest BCUT2D eigenvalue weighted by molar-refractivity contribution is -0.122. The maximum absolute atomic E-state index is 11.7. The van der Waals surface area contributed by atoms with Gasteiger partial charge in [-0.15, -0.1) is 0 Å². The number of pyridine rings is 1. The van der Waals surface area contributed by atoms with Crippen LogP contribution in [0.4, 0.5) is 0 Å². The second-order valence-electron chi connectivity index (χ2n) is 4.76. The van der Waals surface area contributed by atoms with Crippen molar-refractivity contribution < 1.29 is 4.79 Å². The number of aromatic nitrogens is 1. The molecular formula is C13H20N4O. The van der Waals surface area contributed by atoms with Crippen LogP contribution < -0.4 is 11.1 Å². The van der Waals surface area contributed by atoms with Gasteiger partial charge in [0.2, 0.25) is 5.91 Å². The van der Waals surface area contributed by atoms with E-state index in [1.54, 1.807) is 6.20 Å². The van der Waals surface area contributed by atoms with Gasteiger partial charge in [0.1, 0.15) is 0 Å². The number of rotatable bonds is 6. The largest absolute Gasteiger partial charge is 0.352 e. The summed E-state index contributed by atoms with van der Waals surface area (Å²) < 4.78 is 0. The van der Waals surface area contributed by atoms with Crippen LogP contribution in [0.25, 0.3) is 0 Å². The number of carbonyl (C=O) groups is 1. The summed E-state index contributed by atoms with van der Waals surface area (Å²) in [7, 11) is 1.90. The summed E-state index contributed by atoms with van der Waals surface area (Å²) >= 11 is 0. The summed E-state index contributed by atoms with van der Waals surface area (Å²) in [5, 5.41) is 2.97. The van der Waals surface area contributed by atoms with Gasteiger partial charge in [0.05, 0.1) is 18.3 Å². The zero-order chi connectivity index (χ0) is 13.0. The first-order valence-electron chi connectivity index (χ1n) is 6.31. The van der Waals surface area contributed by atoms with Crippen molar-refractivity contribution in [2.24, 2.45) is 5.73 Å². The van der Waals surface area contributed by atoms with Gasteiger partial charge in [0.15, 0.2) is 0 Å². The molecule has 1 fully saturated rings. The number of likely N-dealkylation sites (N-methyl/N-ethyl adjacent to an activating group) is 1. The van der Waals surface area contributed by atoms with Crippen molar-refractivity contribution in [3.8, 4) is 0 Å². The Morgan fingerprint density at radius 1 is 1.61 bits per heavy atom. The molecule has 0 bridgehead atoms. The number of carbonyl (C=O) groups excluding carboxylic acids is 1. The average Bonchev–Trinajstić information content (AvgIpc) is 3.15. The quantitative estimate of drug-likeness (QED) is 0.759. The Morgan fingerprint density at radius 3 is 2.94 bits per heavy atom. The first kappa shape index (κ1) is 13.0. The van der Waals surface area contributed by atoms with Crippen LogP contribution in [-0.4, -0.2) is 42.0 Å². The summed E-state index contributed by atoms with van der Waals surface area (Å²) in [4.78, 5) is 18.0.